The van der Waals surface area contributed by atoms with Gasteiger partial charge in [0.2, 0.25) is 0 Å². The quantitative estimate of drug-likeness (QED) is 0.794. The van der Waals surface area contributed by atoms with E-state index in [0.29, 0.717) is 12.1 Å². The summed E-state index contributed by atoms with van der Waals surface area (Å²) >= 11 is 0. The molecule has 0 radical (unpaired) electrons. The van der Waals surface area contributed by atoms with Crippen molar-refractivity contribution in [3.05, 3.63) is 17.5 Å². The van der Waals surface area contributed by atoms with Gasteiger partial charge >= 0.3 is 0 Å². The minimum atomic E-state index is 0.367. The summed E-state index contributed by atoms with van der Waals surface area (Å²) in [5, 5.41) is 10.6. The lowest BCUT2D eigenvalue weighted by molar-refractivity contribution is 0.0754. The van der Waals surface area contributed by atoms with E-state index in [4.69, 9.17) is 4.74 Å². The fraction of sp³-hybridized carbons (Fsp3) is 0.727. The first kappa shape index (κ1) is 10.6. The Bertz CT molecular complexity index is 305. The summed E-state index contributed by atoms with van der Waals surface area (Å²) in [5.41, 5.74) is 2.42. The third kappa shape index (κ3) is 2.58. The number of ether oxygens (including phenoxy) is 1. The van der Waals surface area contributed by atoms with Gasteiger partial charge in [-0.3, -0.25) is 5.10 Å². The van der Waals surface area contributed by atoms with Crippen LogP contribution in [0.25, 0.3) is 0 Å². The van der Waals surface area contributed by atoms with Crippen molar-refractivity contribution in [2.45, 2.75) is 38.8 Å². The Balaban J connectivity index is 1.91. The first-order chi connectivity index (χ1) is 7.27. The molecule has 2 rings (SSSR count). The average Bonchev–Trinajstić information content (AvgIpc) is 2.66. The number of aromatic amines is 1. The van der Waals surface area contributed by atoms with Gasteiger partial charge < -0.3 is 10.1 Å². The minimum absolute atomic E-state index is 0.367. The molecule has 15 heavy (non-hydrogen) atoms. The second kappa shape index (κ2) is 4.77. The van der Waals surface area contributed by atoms with E-state index in [1.54, 1.807) is 0 Å². The Hall–Kier alpha value is -0.870. The molecule has 84 valence electrons. The van der Waals surface area contributed by atoms with Crippen molar-refractivity contribution in [1.82, 2.24) is 15.5 Å². The van der Waals surface area contributed by atoms with Crippen molar-refractivity contribution in [3.8, 4) is 0 Å². The lowest BCUT2D eigenvalue weighted by Gasteiger charge is -2.26. The van der Waals surface area contributed by atoms with Crippen LogP contribution in [0.4, 0.5) is 0 Å². The molecule has 1 aromatic rings. The Morgan fingerprint density at radius 3 is 2.87 bits per heavy atom. The monoisotopic (exact) mass is 209 g/mol. The summed E-state index contributed by atoms with van der Waals surface area (Å²) in [4.78, 5) is 0. The third-order valence-corrected chi connectivity index (χ3v) is 3.04. The molecule has 0 spiro atoms. The molecule has 0 bridgehead atoms. The van der Waals surface area contributed by atoms with Crippen LogP contribution in [-0.4, -0.2) is 29.5 Å². The van der Waals surface area contributed by atoms with E-state index in [1.165, 1.54) is 5.56 Å². The molecule has 1 atom stereocenters. The number of hydrogen-bond donors (Lipinski definition) is 2. The van der Waals surface area contributed by atoms with E-state index in [0.717, 1.165) is 31.7 Å². The topological polar surface area (TPSA) is 49.9 Å². The van der Waals surface area contributed by atoms with Gasteiger partial charge in [0, 0.05) is 36.6 Å². The highest BCUT2D eigenvalue weighted by Gasteiger charge is 2.18. The number of nitrogens with one attached hydrogen (secondary N) is 2. The normalized spacial score (nSPS) is 20.4. The summed E-state index contributed by atoms with van der Waals surface area (Å²) < 4.78 is 5.34. The number of rotatable bonds is 3. The van der Waals surface area contributed by atoms with Gasteiger partial charge in [0.05, 0.1) is 6.20 Å². The van der Waals surface area contributed by atoms with Gasteiger partial charge in [-0.25, -0.2) is 0 Å². The van der Waals surface area contributed by atoms with Crippen LogP contribution in [0.1, 0.15) is 37.1 Å². The van der Waals surface area contributed by atoms with Crippen LogP contribution < -0.4 is 5.32 Å². The zero-order chi connectivity index (χ0) is 10.7. The fourth-order valence-corrected chi connectivity index (χ4v) is 2.10. The highest BCUT2D eigenvalue weighted by Crippen LogP contribution is 2.17. The van der Waals surface area contributed by atoms with Crippen LogP contribution in [0.15, 0.2) is 6.20 Å². The van der Waals surface area contributed by atoms with E-state index in [1.807, 2.05) is 6.20 Å². The zero-order valence-corrected chi connectivity index (χ0v) is 9.42. The van der Waals surface area contributed by atoms with Crippen LogP contribution >= 0.6 is 0 Å². The summed E-state index contributed by atoms with van der Waals surface area (Å²) in [6.07, 6.45) is 4.13. The number of hydrogen-bond acceptors (Lipinski definition) is 3. The maximum absolute atomic E-state index is 5.34. The molecule has 0 amide bonds. The molecular weight excluding hydrogens is 190 g/mol. The Morgan fingerprint density at radius 2 is 2.27 bits per heavy atom. The first-order valence-electron chi connectivity index (χ1n) is 5.61. The Morgan fingerprint density at radius 1 is 1.53 bits per heavy atom. The molecule has 0 saturated carbocycles. The van der Waals surface area contributed by atoms with E-state index in [9.17, 15) is 0 Å². The largest absolute Gasteiger partial charge is 0.381 e. The van der Waals surface area contributed by atoms with Gasteiger partial charge in [0.15, 0.2) is 0 Å². The fourth-order valence-electron chi connectivity index (χ4n) is 2.10. The second-order valence-corrected chi connectivity index (χ2v) is 4.23. The zero-order valence-electron chi connectivity index (χ0n) is 9.42. The van der Waals surface area contributed by atoms with Crippen LogP contribution in [0.5, 0.6) is 0 Å². The lowest BCUT2D eigenvalue weighted by Crippen LogP contribution is -2.36. The molecule has 1 aromatic heterocycles. The first-order valence-corrected chi connectivity index (χ1v) is 5.61. The molecular formula is C11H19N3O. The molecule has 1 aliphatic rings. The minimum Gasteiger partial charge on any atom is -0.381 e. The van der Waals surface area contributed by atoms with Crippen molar-refractivity contribution in [3.63, 3.8) is 0 Å². The molecule has 1 saturated heterocycles. The average molecular weight is 209 g/mol. The summed E-state index contributed by atoms with van der Waals surface area (Å²) in [6, 6.07) is 0.954. The molecule has 1 fully saturated rings. The van der Waals surface area contributed by atoms with E-state index in [-0.39, 0.29) is 0 Å². The molecule has 1 unspecified atom stereocenters. The van der Waals surface area contributed by atoms with Crippen LogP contribution in [0, 0.1) is 6.92 Å². The lowest BCUT2D eigenvalue weighted by atomic mass is 10.0. The molecule has 0 aliphatic carbocycles. The maximum Gasteiger partial charge on any atom is 0.0537 e. The van der Waals surface area contributed by atoms with Crippen LogP contribution in [0.3, 0.4) is 0 Å². The molecule has 2 heterocycles. The van der Waals surface area contributed by atoms with Crippen LogP contribution in [-0.2, 0) is 4.74 Å². The van der Waals surface area contributed by atoms with E-state index in [2.05, 4.69) is 29.4 Å². The Labute approximate surface area is 90.4 Å². The predicted octanol–water partition coefficient (Wildman–Crippen LogP) is 1.55. The third-order valence-electron chi connectivity index (χ3n) is 3.04. The summed E-state index contributed by atoms with van der Waals surface area (Å²) in [5.74, 6) is 0. The molecule has 4 heteroatoms. The van der Waals surface area contributed by atoms with Gasteiger partial charge in [-0.1, -0.05) is 0 Å². The maximum atomic E-state index is 5.34. The highest BCUT2D eigenvalue weighted by molar-refractivity contribution is 5.18. The molecule has 2 N–H and O–H groups in total. The van der Waals surface area contributed by atoms with Crippen molar-refractivity contribution >= 4 is 0 Å². The van der Waals surface area contributed by atoms with Gasteiger partial charge in [-0.2, -0.15) is 5.10 Å². The van der Waals surface area contributed by atoms with Gasteiger partial charge in [-0.05, 0) is 26.7 Å². The van der Waals surface area contributed by atoms with E-state index < -0.39 is 0 Å². The van der Waals surface area contributed by atoms with E-state index >= 15 is 0 Å². The summed E-state index contributed by atoms with van der Waals surface area (Å²) in [7, 11) is 0. The number of nitrogens with zero attached hydrogens (tertiary/aromatic N) is 1. The van der Waals surface area contributed by atoms with Crippen molar-refractivity contribution in [2.24, 2.45) is 0 Å². The Kier molecular flexibility index (Phi) is 3.38. The SMILES string of the molecule is Cc1[nH]ncc1C(C)NC1CCOCC1. The van der Waals surface area contributed by atoms with Crippen LogP contribution in [0.2, 0.25) is 0 Å². The molecule has 4 nitrogen and oxygen atoms in total. The van der Waals surface area contributed by atoms with Gasteiger partial charge in [0.1, 0.15) is 0 Å². The molecule has 1 aliphatic heterocycles. The van der Waals surface area contributed by atoms with Crippen molar-refractivity contribution in [1.29, 1.82) is 0 Å². The van der Waals surface area contributed by atoms with Gasteiger partial charge in [0.25, 0.3) is 0 Å². The summed E-state index contributed by atoms with van der Waals surface area (Å²) in [6.45, 7) is 6.02. The number of aryl methyl sites for hydroxylation is 1. The standard InChI is InChI=1S/C11H19N3O/c1-8(11-7-12-14-9(11)2)13-10-3-5-15-6-4-10/h7-8,10,13H,3-6H2,1-2H3,(H,12,14). The second-order valence-electron chi connectivity index (χ2n) is 4.23. The number of H-pyrrole nitrogens is 1. The predicted molar refractivity (Wildman–Crippen MR) is 58.7 cm³/mol. The number of aromatic nitrogens is 2. The highest BCUT2D eigenvalue weighted by atomic mass is 16.5. The van der Waals surface area contributed by atoms with Crippen molar-refractivity contribution in [2.75, 3.05) is 13.2 Å². The molecule has 0 aromatic carbocycles. The van der Waals surface area contributed by atoms with Crippen molar-refractivity contribution < 1.29 is 4.74 Å². The smallest absolute Gasteiger partial charge is 0.0537 e. The van der Waals surface area contributed by atoms with Gasteiger partial charge in [-0.15, -0.1) is 0 Å².